The maximum absolute atomic E-state index is 12.9. The fourth-order valence-electron chi connectivity index (χ4n) is 4.94. The van der Waals surface area contributed by atoms with Crippen molar-refractivity contribution in [1.82, 2.24) is 20.6 Å². The number of halogens is 8. The normalized spacial score (nSPS) is 10.7. The van der Waals surface area contributed by atoms with E-state index in [9.17, 15) is 45.5 Å². The summed E-state index contributed by atoms with van der Waals surface area (Å²) >= 11 is 10.9. The molecule has 65 heavy (non-hydrogen) atoms. The SMILES string of the molecule is CNC(=O)c1cc(Oc2ccc(N)cc2)ccn1.CNC(=O)c1cc(Oc2ccc(NC(=O)Nc3ccc(Cl)c(C(F)(F)F)c3)cc2)ccn1.NC(=O)Nc1ccc(Cl)c(C(F)(F)F)c1. The summed E-state index contributed by atoms with van der Waals surface area (Å²) in [5.74, 6) is 1.41. The molecule has 0 aliphatic rings. The zero-order valence-corrected chi connectivity index (χ0v) is 35.1. The Bertz CT molecular complexity index is 2620. The third-order valence-corrected chi connectivity index (χ3v) is 8.57. The number of alkyl halides is 6. The number of hydrogen-bond donors (Lipinski definition) is 7. The van der Waals surface area contributed by atoms with Gasteiger partial charge in [-0.25, -0.2) is 9.59 Å². The molecule has 0 aliphatic heterocycles. The van der Waals surface area contributed by atoms with E-state index in [1.54, 1.807) is 73.8 Å². The number of nitrogens with one attached hydrogen (secondary N) is 5. The van der Waals surface area contributed by atoms with Gasteiger partial charge in [0.2, 0.25) is 0 Å². The monoisotopic (exact) mass is 945 g/mol. The highest BCUT2D eigenvalue weighted by Crippen LogP contribution is 2.37. The van der Waals surface area contributed by atoms with Crippen LogP contribution in [0.5, 0.6) is 23.0 Å². The first-order valence-corrected chi connectivity index (χ1v) is 19.0. The molecule has 6 amide bonds. The number of benzene rings is 4. The smallest absolute Gasteiger partial charge is 0.417 e. The minimum atomic E-state index is -4.64. The third kappa shape index (κ3) is 15.8. The highest BCUT2D eigenvalue weighted by atomic mass is 35.5. The maximum Gasteiger partial charge on any atom is 0.417 e. The Hall–Kier alpha value is -7.78. The van der Waals surface area contributed by atoms with E-state index in [2.05, 4.69) is 31.2 Å². The predicted molar refractivity (Wildman–Crippen MR) is 231 cm³/mol. The molecule has 0 atom stereocenters. The summed E-state index contributed by atoms with van der Waals surface area (Å²) in [5.41, 5.74) is 9.70. The zero-order chi connectivity index (χ0) is 47.9. The first kappa shape index (κ1) is 49.9. The average Bonchev–Trinajstić information content (AvgIpc) is 3.25. The molecule has 0 saturated heterocycles. The van der Waals surface area contributed by atoms with E-state index in [1.807, 2.05) is 5.32 Å². The summed E-state index contributed by atoms with van der Waals surface area (Å²) in [4.78, 5) is 53.5. The number of urea groups is 2. The minimum Gasteiger partial charge on any atom is -0.457 e. The van der Waals surface area contributed by atoms with Gasteiger partial charge in [0.25, 0.3) is 11.8 Å². The van der Waals surface area contributed by atoms with Crippen LogP contribution < -0.4 is 47.5 Å². The van der Waals surface area contributed by atoms with E-state index in [0.29, 0.717) is 46.1 Å². The molecule has 0 radical (unpaired) electrons. The van der Waals surface area contributed by atoms with Crippen LogP contribution >= 0.6 is 23.2 Å². The quantitative estimate of drug-likeness (QED) is 0.0540. The van der Waals surface area contributed by atoms with Crippen molar-refractivity contribution in [3.8, 4) is 23.0 Å². The summed E-state index contributed by atoms with van der Waals surface area (Å²) in [7, 11) is 3.04. The van der Waals surface area contributed by atoms with Crippen LogP contribution in [0, 0.1) is 0 Å². The van der Waals surface area contributed by atoms with E-state index in [-0.39, 0.29) is 28.9 Å². The standard InChI is InChI=1S/C21H16ClF3N4O3.C13H13N3O2.C8H6ClF3N2O/c1-26-19(30)18-11-15(8-9-27-18)32-14-5-2-12(3-6-14)28-20(31)29-13-4-7-17(22)16(10-13)21(23,24)25;1-15-13(17)12-8-11(6-7-16-12)18-10-4-2-9(14)3-5-10;9-6-2-1-4(14-7(13)15)3-5(6)8(10,11)12/h2-11H,1H3,(H,26,30)(H2,28,29,31);2-8H,14H2,1H3,(H,15,17);1-3H,(H3,13,14,15). The van der Waals surface area contributed by atoms with E-state index in [4.69, 9.17) is 44.1 Å². The summed E-state index contributed by atoms with van der Waals surface area (Å²) in [5, 5.41) is 10.9. The van der Waals surface area contributed by atoms with Crippen LogP contribution in [0.25, 0.3) is 0 Å². The van der Waals surface area contributed by atoms with Gasteiger partial charge in [0.05, 0.1) is 21.2 Å². The minimum absolute atomic E-state index is 0.0563. The summed E-state index contributed by atoms with van der Waals surface area (Å²) in [6, 6.07) is 23.9. The highest BCUT2D eigenvalue weighted by molar-refractivity contribution is 6.32. The van der Waals surface area contributed by atoms with Gasteiger partial charge in [-0.2, -0.15) is 26.3 Å². The molecule has 4 aromatic carbocycles. The van der Waals surface area contributed by atoms with Gasteiger partial charge in [-0.3, -0.25) is 19.6 Å². The Labute approximate surface area is 375 Å². The van der Waals surface area contributed by atoms with Crippen molar-refractivity contribution in [1.29, 1.82) is 0 Å². The number of primary amides is 1. The summed E-state index contributed by atoms with van der Waals surface area (Å²) < 4.78 is 87.1. The number of carbonyl (C=O) groups excluding carboxylic acids is 4. The fourth-order valence-corrected chi connectivity index (χ4v) is 5.39. The van der Waals surface area contributed by atoms with Crippen molar-refractivity contribution in [2.75, 3.05) is 35.8 Å². The highest BCUT2D eigenvalue weighted by Gasteiger charge is 2.34. The van der Waals surface area contributed by atoms with Crippen molar-refractivity contribution < 1.29 is 55.0 Å². The average molecular weight is 947 g/mol. The molecule has 15 nitrogen and oxygen atoms in total. The number of nitrogens with two attached hydrogens (primary N) is 2. The van der Waals surface area contributed by atoms with Gasteiger partial charge < -0.3 is 47.5 Å². The number of pyridine rings is 2. The molecule has 0 spiro atoms. The van der Waals surface area contributed by atoms with Crippen molar-refractivity contribution in [3.05, 3.63) is 154 Å². The number of aromatic nitrogens is 2. The van der Waals surface area contributed by atoms with Crippen molar-refractivity contribution in [2.45, 2.75) is 12.4 Å². The molecular weight excluding hydrogens is 911 g/mol. The molecular formula is C42H35Cl2F6N9O6. The van der Waals surface area contributed by atoms with Crippen LogP contribution in [0.4, 0.5) is 58.7 Å². The summed E-state index contributed by atoms with van der Waals surface area (Å²) in [6.07, 6.45) is -6.25. The first-order chi connectivity index (χ1) is 30.6. The van der Waals surface area contributed by atoms with Gasteiger partial charge >= 0.3 is 24.4 Å². The molecule has 2 heterocycles. The molecule has 2 aromatic heterocycles. The Morgan fingerprint density at radius 3 is 1.32 bits per heavy atom. The number of hydrogen-bond acceptors (Lipinski definition) is 9. The molecule has 0 bridgehead atoms. The van der Waals surface area contributed by atoms with E-state index in [1.165, 1.54) is 37.6 Å². The topological polar surface area (TPSA) is 225 Å². The lowest BCUT2D eigenvalue weighted by atomic mass is 10.2. The van der Waals surface area contributed by atoms with Crippen molar-refractivity contribution in [2.24, 2.45) is 5.73 Å². The largest absolute Gasteiger partial charge is 0.457 e. The fraction of sp³-hybridized carbons (Fsp3) is 0.0952. The van der Waals surface area contributed by atoms with Crippen molar-refractivity contribution >= 4 is 69.8 Å². The molecule has 23 heteroatoms. The Morgan fingerprint density at radius 1 is 0.538 bits per heavy atom. The van der Waals surface area contributed by atoms with Gasteiger partial charge in [-0.1, -0.05) is 23.2 Å². The predicted octanol–water partition coefficient (Wildman–Crippen LogP) is 10.2. The lowest BCUT2D eigenvalue weighted by Crippen LogP contribution is -2.19. The number of anilines is 4. The number of ether oxygens (including phenoxy) is 2. The molecule has 0 unspecified atom stereocenters. The first-order valence-electron chi connectivity index (χ1n) is 18.2. The molecule has 0 fully saturated rings. The number of rotatable bonds is 9. The van der Waals surface area contributed by atoms with E-state index >= 15 is 0 Å². The molecule has 9 N–H and O–H groups in total. The van der Waals surface area contributed by atoms with Crippen molar-refractivity contribution in [3.63, 3.8) is 0 Å². The molecule has 0 saturated carbocycles. The molecule has 340 valence electrons. The second-order valence-corrected chi connectivity index (χ2v) is 13.5. The van der Waals surface area contributed by atoms with Crippen LogP contribution in [0.3, 0.4) is 0 Å². The van der Waals surface area contributed by atoms with Crippen LogP contribution in [0.1, 0.15) is 32.1 Å². The maximum atomic E-state index is 12.9. The zero-order valence-electron chi connectivity index (χ0n) is 33.6. The second kappa shape index (κ2) is 22.5. The van der Waals surface area contributed by atoms with Gasteiger partial charge in [0.15, 0.2) is 0 Å². The molecule has 6 aromatic rings. The third-order valence-electron chi connectivity index (χ3n) is 7.91. The van der Waals surface area contributed by atoms with E-state index in [0.717, 1.165) is 18.2 Å². The number of amides is 6. The van der Waals surface area contributed by atoms with E-state index < -0.39 is 45.6 Å². The Balaban J connectivity index is 0.000000236. The second-order valence-electron chi connectivity index (χ2n) is 12.7. The Morgan fingerprint density at radius 2 is 0.923 bits per heavy atom. The van der Waals surface area contributed by atoms with Gasteiger partial charge in [0, 0.05) is 61.4 Å². The van der Waals surface area contributed by atoms with Gasteiger partial charge in [-0.05, 0) is 97.1 Å². The van der Waals surface area contributed by atoms with Crippen LogP contribution in [-0.4, -0.2) is 47.9 Å². The number of nitrogen functional groups attached to an aromatic ring is 1. The number of carbonyl (C=O) groups is 4. The van der Waals surface area contributed by atoms with Gasteiger partial charge in [0.1, 0.15) is 34.4 Å². The number of nitrogens with zero attached hydrogens (tertiary/aromatic N) is 2. The molecule has 6 rings (SSSR count). The van der Waals surface area contributed by atoms with Crippen LogP contribution in [0.2, 0.25) is 10.0 Å². The van der Waals surface area contributed by atoms with Crippen LogP contribution in [0.15, 0.2) is 122 Å². The summed E-state index contributed by atoms with van der Waals surface area (Å²) in [6.45, 7) is 0. The molecule has 0 aliphatic carbocycles. The lowest BCUT2D eigenvalue weighted by molar-refractivity contribution is -0.138. The van der Waals surface area contributed by atoms with Crippen LogP contribution in [-0.2, 0) is 12.4 Å². The lowest BCUT2D eigenvalue weighted by Gasteiger charge is -2.12. The van der Waals surface area contributed by atoms with Gasteiger partial charge in [-0.15, -0.1) is 0 Å². The Kier molecular flexibility index (Phi) is 17.3.